The van der Waals surface area contributed by atoms with E-state index in [4.69, 9.17) is 17.3 Å². The second kappa shape index (κ2) is 11.0. The first-order chi connectivity index (χ1) is 17.0. The number of rotatable bonds is 8. The van der Waals surface area contributed by atoms with E-state index < -0.39 is 5.82 Å². The van der Waals surface area contributed by atoms with Gasteiger partial charge in [0, 0.05) is 40.1 Å². The maximum atomic E-state index is 15.0. The van der Waals surface area contributed by atoms with Crippen molar-refractivity contribution in [1.82, 2.24) is 4.57 Å². The van der Waals surface area contributed by atoms with Crippen LogP contribution < -0.4 is 11.2 Å². The van der Waals surface area contributed by atoms with Crippen LogP contribution in [0.2, 0.25) is 5.02 Å². The van der Waals surface area contributed by atoms with Gasteiger partial charge >= 0.3 is 0 Å². The fraction of sp³-hybridized carbons (Fsp3) is 0.233. The summed E-state index contributed by atoms with van der Waals surface area (Å²) in [6, 6.07) is 23.6. The lowest BCUT2D eigenvalue weighted by Crippen LogP contribution is -2.28. The minimum Gasteiger partial charge on any atom is -0.343 e. The van der Waals surface area contributed by atoms with Gasteiger partial charge in [-0.25, -0.2) is 4.39 Å². The molecule has 35 heavy (non-hydrogen) atoms. The highest BCUT2D eigenvalue weighted by Crippen LogP contribution is 2.30. The lowest BCUT2D eigenvalue weighted by atomic mass is 9.91. The van der Waals surface area contributed by atoms with Crippen molar-refractivity contribution in [1.29, 1.82) is 0 Å². The number of aromatic nitrogens is 1. The Morgan fingerprint density at radius 3 is 2.17 bits per heavy atom. The van der Waals surface area contributed by atoms with Crippen LogP contribution >= 0.6 is 11.6 Å². The van der Waals surface area contributed by atoms with Crippen molar-refractivity contribution in [3.8, 4) is 11.1 Å². The predicted octanol–water partition coefficient (Wildman–Crippen LogP) is 6.72. The van der Waals surface area contributed by atoms with E-state index in [-0.39, 0.29) is 11.5 Å². The predicted molar refractivity (Wildman–Crippen MR) is 142 cm³/mol. The van der Waals surface area contributed by atoms with E-state index in [1.54, 1.807) is 18.2 Å². The minimum absolute atomic E-state index is 0.148. The summed E-state index contributed by atoms with van der Waals surface area (Å²) in [5.41, 5.74) is 11.4. The van der Waals surface area contributed by atoms with E-state index in [1.165, 1.54) is 6.07 Å². The van der Waals surface area contributed by atoms with Gasteiger partial charge in [0.2, 0.25) is 0 Å². The van der Waals surface area contributed by atoms with Crippen LogP contribution in [0.1, 0.15) is 48.0 Å². The minimum atomic E-state index is -0.411. The van der Waals surface area contributed by atoms with Crippen LogP contribution in [-0.4, -0.2) is 4.57 Å². The zero-order chi connectivity index (χ0) is 24.9. The Bertz CT molecular complexity index is 1380. The Morgan fingerprint density at radius 2 is 1.51 bits per heavy atom. The summed E-state index contributed by atoms with van der Waals surface area (Å²) in [5.74, 6) is -0.411. The summed E-state index contributed by atoms with van der Waals surface area (Å²) in [4.78, 5) is 14.1. The molecule has 0 aliphatic carbocycles. The Balaban J connectivity index is 1.99. The average molecular weight is 489 g/mol. The molecule has 180 valence electrons. The van der Waals surface area contributed by atoms with Gasteiger partial charge in [0.05, 0.1) is 5.56 Å². The molecule has 1 unspecified atom stereocenters. The van der Waals surface area contributed by atoms with Gasteiger partial charge in [-0.1, -0.05) is 92.2 Å². The van der Waals surface area contributed by atoms with E-state index in [2.05, 4.69) is 4.57 Å². The van der Waals surface area contributed by atoms with Crippen LogP contribution in [0.25, 0.3) is 11.1 Å². The summed E-state index contributed by atoms with van der Waals surface area (Å²) in [7, 11) is 0. The molecule has 0 amide bonds. The zero-order valence-electron chi connectivity index (χ0n) is 20.1. The first kappa shape index (κ1) is 24.9. The molecule has 0 bridgehead atoms. The molecule has 5 heteroatoms. The Hall–Kier alpha value is -3.21. The van der Waals surface area contributed by atoms with E-state index in [9.17, 15) is 4.79 Å². The van der Waals surface area contributed by atoms with Crippen molar-refractivity contribution in [2.45, 2.75) is 45.7 Å². The Labute approximate surface area is 211 Å². The number of pyridine rings is 1. The number of hydrogen-bond donors (Lipinski definition) is 1. The Kier molecular flexibility index (Phi) is 7.84. The third kappa shape index (κ3) is 5.09. The number of nitrogens with zero attached hydrogens (tertiary/aromatic N) is 1. The molecule has 0 fully saturated rings. The number of hydrogen-bond acceptors (Lipinski definition) is 2. The monoisotopic (exact) mass is 488 g/mol. The van der Waals surface area contributed by atoms with Gasteiger partial charge in [-0.15, -0.1) is 0 Å². The van der Waals surface area contributed by atoms with E-state index in [0.29, 0.717) is 47.5 Å². The third-order valence-electron chi connectivity index (χ3n) is 6.54. The van der Waals surface area contributed by atoms with Crippen molar-refractivity contribution in [3.05, 3.63) is 128 Å². The van der Waals surface area contributed by atoms with Gasteiger partial charge < -0.3 is 10.3 Å². The number of nitrogens with two attached hydrogens (primary N) is 1. The largest absolute Gasteiger partial charge is 0.343 e. The fourth-order valence-corrected chi connectivity index (χ4v) is 5.02. The highest BCUT2D eigenvalue weighted by molar-refractivity contribution is 6.31. The van der Waals surface area contributed by atoms with Crippen LogP contribution in [0.4, 0.5) is 4.39 Å². The van der Waals surface area contributed by atoms with Crippen molar-refractivity contribution >= 4 is 11.6 Å². The van der Waals surface area contributed by atoms with E-state index in [1.807, 2.05) is 68.4 Å². The summed E-state index contributed by atoms with van der Waals surface area (Å²) in [6.07, 6.45) is 1.57. The molecule has 4 rings (SSSR count). The number of benzene rings is 3. The van der Waals surface area contributed by atoms with Crippen LogP contribution in [0.15, 0.2) is 83.7 Å². The first-order valence-electron chi connectivity index (χ1n) is 12.0. The van der Waals surface area contributed by atoms with E-state index in [0.717, 1.165) is 22.5 Å². The number of halogens is 2. The molecule has 0 aliphatic heterocycles. The molecule has 0 saturated carbocycles. The van der Waals surface area contributed by atoms with E-state index >= 15 is 4.39 Å². The van der Waals surface area contributed by atoms with Gasteiger partial charge in [-0.2, -0.15) is 0 Å². The molecule has 0 radical (unpaired) electrons. The topological polar surface area (TPSA) is 48.0 Å². The molecule has 1 aromatic heterocycles. The van der Waals surface area contributed by atoms with Crippen LogP contribution in [0.5, 0.6) is 0 Å². The maximum absolute atomic E-state index is 15.0. The molecule has 2 N–H and O–H groups in total. The van der Waals surface area contributed by atoms with Crippen molar-refractivity contribution in [3.63, 3.8) is 0 Å². The highest BCUT2D eigenvalue weighted by Gasteiger charge is 2.24. The molecule has 0 spiro atoms. The van der Waals surface area contributed by atoms with Crippen molar-refractivity contribution < 1.29 is 4.39 Å². The fourth-order valence-electron chi connectivity index (χ4n) is 4.82. The summed E-state index contributed by atoms with van der Waals surface area (Å²) in [6.45, 7) is 4.52. The standard InChI is InChI=1S/C30H30ClFN2O/c1-3-27-23(18-26(33)20-12-6-5-7-13-20)30(35)29(22-15-9-11-17-25(22)32)28(4-2)34(27)19-21-14-8-10-16-24(21)31/h5-17,26H,3-4,18-19,33H2,1-2H3. The smallest absolute Gasteiger partial charge is 0.193 e. The van der Waals surface area contributed by atoms with Gasteiger partial charge in [0.15, 0.2) is 5.43 Å². The van der Waals surface area contributed by atoms with Crippen molar-refractivity contribution in [2.75, 3.05) is 0 Å². The lowest BCUT2D eigenvalue weighted by Gasteiger charge is -2.26. The molecule has 3 nitrogen and oxygen atoms in total. The van der Waals surface area contributed by atoms with Gasteiger partial charge in [-0.05, 0) is 42.5 Å². The molecule has 1 heterocycles. The van der Waals surface area contributed by atoms with Gasteiger partial charge in [0.1, 0.15) is 5.82 Å². The molecular weight excluding hydrogens is 459 g/mol. The second-order valence-corrected chi connectivity index (χ2v) is 9.07. The molecule has 0 saturated heterocycles. The molecule has 3 aromatic carbocycles. The highest BCUT2D eigenvalue weighted by atomic mass is 35.5. The molecule has 0 aliphatic rings. The second-order valence-electron chi connectivity index (χ2n) is 8.66. The zero-order valence-corrected chi connectivity index (χ0v) is 20.9. The normalized spacial score (nSPS) is 12.0. The maximum Gasteiger partial charge on any atom is 0.193 e. The first-order valence-corrected chi connectivity index (χ1v) is 12.4. The summed E-state index contributed by atoms with van der Waals surface area (Å²) in [5, 5.41) is 0.658. The van der Waals surface area contributed by atoms with Crippen LogP contribution in [-0.2, 0) is 25.8 Å². The van der Waals surface area contributed by atoms with Gasteiger partial charge in [0.25, 0.3) is 0 Å². The van der Waals surface area contributed by atoms with Gasteiger partial charge in [-0.3, -0.25) is 4.79 Å². The lowest BCUT2D eigenvalue weighted by molar-refractivity contribution is 0.626. The summed E-state index contributed by atoms with van der Waals surface area (Å²) < 4.78 is 17.2. The molecular formula is C30H30ClFN2O. The Morgan fingerprint density at radius 1 is 0.886 bits per heavy atom. The van der Waals surface area contributed by atoms with Crippen LogP contribution in [0.3, 0.4) is 0 Å². The quantitative estimate of drug-likeness (QED) is 0.299. The molecule has 1 atom stereocenters. The van der Waals surface area contributed by atoms with Crippen LogP contribution in [0, 0.1) is 5.82 Å². The van der Waals surface area contributed by atoms with Crippen molar-refractivity contribution in [2.24, 2.45) is 5.73 Å². The summed E-state index contributed by atoms with van der Waals surface area (Å²) >= 11 is 6.53. The third-order valence-corrected chi connectivity index (χ3v) is 6.91. The average Bonchev–Trinajstić information content (AvgIpc) is 2.88. The SMILES string of the molecule is CCc1c(CC(N)c2ccccc2)c(=O)c(-c2ccccc2F)c(CC)n1Cc1ccccc1Cl. The molecule has 4 aromatic rings.